The molecule has 2 aliphatic carbocycles. The first-order chi connectivity index (χ1) is 7.29. The predicted octanol–water partition coefficient (Wildman–Crippen LogP) is 4.09. The fourth-order valence-corrected chi connectivity index (χ4v) is 2.64. The maximum absolute atomic E-state index is 8.77. The van der Waals surface area contributed by atoms with Gasteiger partial charge in [0, 0.05) is 10.1 Å². The van der Waals surface area contributed by atoms with Gasteiger partial charge >= 0.3 is 0 Å². The van der Waals surface area contributed by atoms with Gasteiger partial charge in [-0.3, -0.25) is 0 Å². The van der Waals surface area contributed by atoms with Crippen molar-refractivity contribution in [3.63, 3.8) is 0 Å². The highest BCUT2D eigenvalue weighted by atomic mass is 79.9. The van der Waals surface area contributed by atoms with E-state index in [9.17, 15) is 0 Å². The molecule has 0 spiro atoms. The Kier molecular flexibility index (Phi) is 3.43. The molecule has 0 radical (unpaired) electrons. The van der Waals surface area contributed by atoms with Crippen molar-refractivity contribution in [3.8, 4) is 6.07 Å². The number of nitrogens with zero attached hydrogens (tertiary/aromatic N) is 1. The Labute approximate surface area is 99.3 Å². The lowest BCUT2D eigenvalue weighted by molar-refractivity contribution is 0.361. The zero-order valence-electron chi connectivity index (χ0n) is 8.62. The minimum absolute atomic E-state index is 0.669. The summed E-state index contributed by atoms with van der Waals surface area (Å²) < 4.78 is 1.20. The molecule has 2 atom stereocenters. The van der Waals surface area contributed by atoms with Gasteiger partial charge in [-0.25, -0.2) is 0 Å². The first kappa shape index (κ1) is 10.7. The van der Waals surface area contributed by atoms with Crippen molar-refractivity contribution < 1.29 is 0 Å². The molecule has 0 amide bonds. The van der Waals surface area contributed by atoms with Crippen molar-refractivity contribution in [1.82, 2.24) is 0 Å². The molecule has 2 unspecified atom stereocenters. The molecule has 1 nitrogen and oxygen atoms in total. The van der Waals surface area contributed by atoms with E-state index in [2.05, 4.69) is 46.3 Å². The Morgan fingerprint density at radius 1 is 1.33 bits per heavy atom. The monoisotopic (exact) mass is 263 g/mol. The first-order valence-electron chi connectivity index (χ1n) is 5.42. The van der Waals surface area contributed by atoms with Crippen LogP contribution >= 0.6 is 15.9 Å². The van der Waals surface area contributed by atoms with Crippen molar-refractivity contribution in [3.05, 3.63) is 34.4 Å². The van der Waals surface area contributed by atoms with E-state index in [1.54, 1.807) is 0 Å². The highest BCUT2D eigenvalue weighted by molar-refractivity contribution is 9.11. The van der Waals surface area contributed by atoms with Crippen LogP contribution in [0.4, 0.5) is 0 Å². The molecule has 78 valence electrons. The third-order valence-electron chi connectivity index (χ3n) is 3.29. The third-order valence-corrected chi connectivity index (χ3v) is 3.88. The second-order valence-corrected chi connectivity index (χ2v) is 5.14. The van der Waals surface area contributed by atoms with E-state index >= 15 is 0 Å². The van der Waals surface area contributed by atoms with Gasteiger partial charge in [0.05, 0.1) is 6.07 Å². The standard InChI is InChI=1S/C13H14BrN/c14-13-7-5-12(6-8-13)11-3-1-10(9-15)2-4-11/h1,5,7-8,11-12H,2-4,6H2. The smallest absolute Gasteiger partial charge is 0.0943 e. The predicted molar refractivity (Wildman–Crippen MR) is 65.3 cm³/mol. The molecule has 0 aromatic carbocycles. The maximum Gasteiger partial charge on any atom is 0.0943 e. The number of hydrogen-bond donors (Lipinski definition) is 0. The van der Waals surface area contributed by atoms with E-state index in [4.69, 9.17) is 5.26 Å². The highest BCUT2D eigenvalue weighted by Crippen LogP contribution is 2.34. The summed E-state index contributed by atoms with van der Waals surface area (Å²) in [5.74, 6) is 1.40. The molecule has 0 heterocycles. The van der Waals surface area contributed by atoms with Gasteiger partial charge in [0.15, 0.2) is 0 Å². The van der Waals surface area contributed by atoms with E-state index in [-0.39, 0.29) is 0 Å². The van der Waals surface area contributed by atoms with Crippen LogP contribution in [0.3, 0.4) is 0 Å². The molecule has 2 rings (SSSR count). The average Bonchev–Trinajstić information content (AvgIpc) is 2.30. The first-order valence-corrected chi connectivity index (χ1v) is 6.22. The average molecular weight is 264 g/mol. The summed E-state index contributed by atoms with van der Waals surface area (Å²) in [4.78, 5) is 0. The summed E-state index contributed by atoms with van der Waals surface area (Å²) in [5, 5.41) is 8.77. The lowest BCUT2D eigenvalue weighted by Gasteiger charge is -2.27. The number of halogens is 1. The van der Waals surface area contributed by atoms with Crippen molar-refractivity contribution in [2.24, 2.45) is 11.8 Å². The van der Waals surface area contributed by atoms with Crippen LogP contribution < -0.4 is 0 Å². The molecule has 0 aliphatic heterocycles. The number of nitriles is 1. The number of hydrogen-bond acceptors (Lipinski definition) is 1. The SMILES string of the molecule is N#CC1=CCC(C2C=CC(Br)=CC2)CC1. The topological polar surface area (TPSA) is 23.8 Å². The van der Waals surface area contributed by atoms with Crippen molar-refractivity contribution in [2.75, 3.05) is 0 Å². The molecule has 0 N–H and O–H groups in total. The van der Waals surface area contributed by atoms with Crippen LogP contribution in [0.1, 0.15) is 25.7 Å². The quantitative estimate of drug-likeness (QED) is 0.699. The van der Waals surface area contributed by atoms with Gasteiger partial charge < -0.3 is 0 Å². The minimum atomic E-state index is 0.669. The van der Waals surface area contributed by atoms with Crippen LogP contribution in [0.25, 0.3) is 0 Å². The Morgan fingerprint density at radius 3 is 2.73 bits per heavy atom. The molecule has 0 aromatic rings. The lowest BCUT2D eigenvalue weighted by Crippen LogP contribution is -2.16. The van der Waals surface area contributed by atoms with Crippen LogP contribution in [0.5, 0.6) is 0 Å². The molecular weight excluding hydrogens is 250 g/mol. The largest absolute Gasteiger partial charge is 0.193 e. The van der Waals surface area contributed by atoms with E-state index in [1.807, 2.05) is 0 Å². The molecule has 0 saturated heterocycles. The zero-order chi connectivity index (χ0) is 10.7. The van der Waals surface area contributed by atoms with Crippen molar-refractivity contribution in [2.45, 2.75) is 25.7 Å². The molecule has 0 fully saturated rings. The molecular formula is C13H14BrN. The van der Waals surface area contributed by atoms with Crippen LogP contribution in [-0.2, 0) is 0 Å². The second-order valence-electron chi connectivity index (χ2n) is 4.22. The van der Waals surface area contributed by atoms with Gasteiger partial charge in [-0.2, -0.15) is 5.26 Å². The molecule has 0 bridgehead atoms. The Morgan fingerprint density at radius 2 is 2.20 bits per heavy atom. The second kappa shape index (κ2) is 4.81. The summed E-state index contributed by atoms with van der Waals surface area (Å²) in [5.41, 5.74) is 0.975. The maximum atomic E-state index is 8.77. The van der Waals surface area contributed by atoms with E-state index < -0.39 is 0 Å². The van der Waals surface area contributed by atoms with Gasteiger partial charge in [-0.05, 0) is 37.5 Å². The van der Waals surface area contributed by atoms with Crippen LogP contribution in [0.2, 0.25) is 0 Å². The summed E-state index contributed by atoms with van der Waals surface area (Å²) in [6, 6.07) is 2.26. The lowest BCUT2D eigenvalue weighted by atomic mass is 9.78. The van der Waals surface area contributed by atoms with Crippen LogP contribution in [0.15, 0.2) is 34.4 Å². The highest BCUT2D eigenvalue weighted by Gasteiger charge is 2.22. The molecule has 2 heteroatoms. The molecule has 2 aliphatic rings. The molecule has 15 heavy (non-hydrogen) atoms. The van der Waals surface area contributed by atoms with E-state index in [0.29, 0.717) is 5.92 Å². The third kappa shape index (κ3) is 2.60. The Balaban J connectivity index is 1.96. The fourth-order valence-electron chi connectivity index (χ4n) is 2.31. The fraction of sp³-hybridized carbons (Fsp3) is 0.462. The summed E-state index contributed by atoms with van der Waals surface area (Å²) >= 11 is 3.48. The van der Waals surface area contributed by atoms with E-state index in [0.717, 1.165) is 30.8 Å². The summed E-state index contributed by atoms with van der Waals surface area (Å²) in [6.45, 7) is 0. The minimum Gasteiger partial charge on any atom is -0.193 e. The van der Waals surface area contributed by atoms with Crippen LogP contribution in [0, 0.1) is 23.2 Å². The number of rotatable bonds is 1. The molecule has 0 saturated carbocycles. The van der Waals surface area contributed by atoms with Crippen molar-refractivity contribution >= 4 is 15.9 Å². The van der Waals surface area contributed by atoms with Gasteiger partial charge in [-0.15, -0.1) is 0 Å². The van der Waals surface area contributed by atoms with Crippen molar-refractivity contribution in [1.29, 1.82) is 5.26 Å². The Hall–Kier alpha value is -0.810. The number of allylic oxidation sites excluding steroid dienone is 6. The molecule has 0 aromatic heterocycles. The summed E-state index contributed by atoms with van der Waals surface area (Å²) in [6.07, 6.45) is 13.2. The zero-order valence-corrected chi connectivity index (χ0v) is 10.2. The Bertz CT molecular complexity index is 370. The van der Waals surface area contributed by atoms with Gasteiger partial charge in [0.1, 0.15) is 0 Å². The van der Waals surface area contributed by atoms with Gasteiger partial charge in [0.2, 0.25) is 0 Å². The van der Waals surface area contributed by atoms with Gasteiger partial charge in [0.25, 0.3) is 0 Å². The normalized spacial score (nSPS) is 30.4. The van der Waals surface area contributed by atoms with E-state index in [1.165, 1.54) is 10.9 Å². The summed E-state index contributed by atoms with van der Waals surface area (Å²) in [7, 11) is 0. The van der Waals surface area contributed by atoms with Gasteiger partial charge in [-0.1, -0.05) is 40.2 Å². The van der Waals surface area contributed by atoms with Crippen LogP contribution in [-0.4, -0.2) is 0 Å².